The Morgan fingerprint density at radius 2 is 2.03 bits per heavy atom. The van der Waals surface area contributed by atoms with Crippen molar-refractivity contribution in [1.29, 1.82) is 5.26 Å². The molecule has 0 spiro atoms. The van der Waals surface area contributed by atoms with E-state index < -0.39 is 0 Å². The number of thiazole rings is 1. The average molecular weight is 423 g/mol. The smallest absolute Gasteiger partial charge is 0.260 e. The van der Waals surface area contributed by atoms with Crippen LogP contribution in [0.3, 0.4) is 0 Å². The number of morpholine rings is 1. The van der Waals surface area contributed by atoms with Crippen molar-refractivity contribution < 1.29 is 14.3 Å². The topological polar surface area (TPSA) is 78.7 Å². The van der Waals surface area contributed by atoms with Crippen LogP contribution >= 0.6 is 11.3 Å². The number of hydrogen-bond donors (Lipinski definition) is 0. The summed E-state index contributed by atoms with van der Waals surface area (Å²) in [4.78, 5) is 22.1. The molecule has 0 saturated carbocycles. The Balaban J connectivity index is 1.63. The normalized spacial score (nSPS) is 14.4. The SMILES string of the molecule is COc1ccc2sc(N(CCN3CCOCC3)C(=O)c3ccc(C#N)cc3)nc2c1. The minimum absolute atomic E-state index is 0.126. The van der Waals surface area contributed by atoms with E-state index in [0.717, 1.165) is 35.6 Å². The molecule has 154 valence electrons. The molecule has 0 N–H and O–H groups in total. The van der Waals surface area contributed by atoms with Gasteiger partial charge in [-0.1, -0.05) is 11.3 Å². The maximum Gasteiger partial charge on any atom is 0.260 e. The van der Waals surface area contributed by atoms with Crippen LogP contribution < -0.4 is 9.64 Å². The average Bonchev–Trinajstić information content (AvgIpc) is 3.22. The number of carbonyl (C=O) groups excluding carboxylic acids is 1. The number of nitriles is 1. The molecule has 0 radical (unpaired) electrons. The van der Waals surface area contributed by atoms with Gasteiger partial charge < -0.3 is 9.47 Å². The third-order valence-electron chi connectivity index (χ3n) is 5.06. The Labute approximate surface area is 179 Å². The van der Waals surface area contributed by atoms with Gasteiger partial charge in [-0.2, -0.15) is 5.26 Å². The summed E-state index contributed by atoms with van der Waals surface area (Å²) < 4.78 is 11.7. The Kier molecular flexibility index (Phi) is 6.23. The van der Waals surface area contributed by atoms with Crippen LogP contribution in [0.4, 0.5) is 5.13 Å². The standard InChI is InChI=1S/C22H22N4O3S/c1-28-18-6-7-20-19(14-18)24-22(30-20)26(9-8-25-10-12-29-13-11-25)21(27)17-4-2-16(15-23)3-5-17/h2-7,14H,8-13H2,1H3. The summed E-state index contributed by atoms with van der Waals surface area (Å²) in [7, 11) is 1.62. The Morgan fingerprint density at radius 3 is 2.73 bits per heavy atom. The highest BCUT2D eigenvalue weighted by molar-refractivity contribution is 7.22. The molecule has 1 aromatic heterocycles. The number of rotatable bonds is 6. The van der Waals surface area contributed by atoms with Gasteiger partial charge in [-0.15, -0.1) is 0 Å². The van der Waals surface area contributed by atoms with Crippen molar-refractivity contribution in [3.8, 4) is 11.8 Å². The van der Waals surface area contributed by atoms with Crippen molar-refractivity contribution in [2.45, 2.75) is 0 Å². The second kappa shape index (κ2) is 9.22. The lowest BCUT2D eigenvalue weighted by atomic mass is 10.1. The van der Waals surface area contributed by atoms with E-state index in [9.17, 15) is 4.79 Å². The molecular formula is C22H22N4O3S. The number of aromatic nitrogens is 1. The van der Waals surface area contributed by atoms with Gasteiger partial charge in [0.05, 0.1) is 42.2 Å². The summed E-state index contributed by atoms with van der Waals surface area (Å²) in [5, 5.41) is 9.68. The van der Waals surface area contributed by atoms with E-state index in [1.165, 1.54) is 11.3 Å². The van der Waals surface area contributed by atoms with Crippen LogP contribution in [0.25, 0.3) is 10.2 Å². The van der Waals surface area contributed by atoms with Gasteiger partial charge >= 0.3 is 0 Å². The number of hydrogen-bond acceptors (Lipinski definition) is 7. The summed E-state index contributed by atoms with van der Waals surface area (Å²) in [5.74, 6) is 0.608. The van der Waals surface area contributed by atoms with Crippen LogP contribution in [-0.4, -0.2) is 62.3 Å². The molecule has 2 aromatic carbocycles. The van der Waals surface area contributed by atoms with E-state index >= 15 is 0 Å². The summed E-state index contributed by atoms with van der Waals surface area (Å²) in [6.45, 7) is 4.40. The summed E-state index contributed by atoms with van der Waals surface area (Å²) >= 11 is 1.48. The number of anilines is 1. The van der Waals surface area contributed by atoms with Crippen molar-refractivity contribution in [1.82, 2.24) is 9.88 Å². The first-order valence-electron chi connectivity index (χ1n) is 9.74. The van der Waals surface area contributed by atoms with Crippen LogP contribution in [0.1, 0.15) is 15.9 Å². The maximum absolute atomic E-state index is 13.4. The van der Waals surface area contributed by atoms with Gasteiger partial charge in [0.25, 0.3) is 5.91 Å². The van der Waals surface area contributed by atoms with Gasteiger partial charge in [0.15, 0.2) is 5.13 Å². The highest BCUT2D eigenvalue weighted by atomic mass is 32.1. The number of fused-ring (bicyclic) bond motifs is 1. The van der Waals surface area contributed by atoms with E-state index in [2.05, 4.69) is 11.0 Å². The molecule has 1 aliphatic rings. The highest BCUT2D eigenvalue weighted by Crippen LogP contribution is 2.32. The van der Waals surface area contributed by atoms with Gasteiger partial charge in [-0.25, -0.2) is 4.98 Å². The zero-order valence-electron chi connectivity index (χ0n) is 16.7. The molecule has 0 aliphatic carbocycles. The molecule has 7 nitrogen and oxygen atoms in total. The third-order valence-corrected chi connectivity index (χ3v) is 6.12. The molecular weight excluding hydrogens is 400 g/mol. The summed E-state index contributed by atoms with van der Waals surface area (Å²) in [6, 6.07) is 14.5. The van der Waals surface area contributed by atoms with Gasteiger partial charge in [0.2, 0.25) is 0 Å². The van der Waals surface area contributed by atoms with Gasteiger partial charge in [-0.05, 0) is 36.4 Å². The molecule has 1 saturated heterocycles. The van der Waals surface area contributed by atoms with Crippen molar-refractivity contribution >= 4 is 32.6 Å². The lowest BCUT2D eigenvalue weighted by Crippen LogP contribution is -2.43. The van der Waals surface area contributed by atoms with Crippen molar-refractivity contribution in [3.63, 3.8) is 0 Å². The van der Waals surface area contributed by atoms with E-state index in [-0.39, 0.29) is 5.91 Å². The lowest BCUT2D eigenvalue weighted by molar-refractivity contribution is 0.0391. The zero-order chi connectivity index (χ0) is 20.9. The molecule has 0 atom stereocenters. The molecule has 1 aliphatic heterocycles. The highest BCUT2D eigenvalue weighted by Gasteiger charge is 2.23. The first-order valence-corrected chi connectivity index (χ1v) is 10.6. The van der Waals surface area contributed by atoms with Crippen LogP contribution in [0, 0.1) is 11.3 Å². The Bertz CT molecular complexity index is 1070. The number of methoxy groups -OCH3 is 1. The largest absolute Gasteiger partial charge is 0.497 e. The van der Waals surface area contributed by atoms with E-state index in [4.69, 9.17) is 19.7 Å². The summed E-state index contributed by atoms with van der Waals surface area (Å²) in [6.07, 6.45) is 0. The monoisotopic (exact) mass is 422 g/mol. The van der Waals surface area contributed by atoms with Crippen molar-refractivity contribution in [3.05, 3.63) is 53.6 Å². The zero-order valence-corrected chi connectivity index (χ0v) is 17.5. The van der Waals surface area contributed by atoms with Crippen LogP contribution in [-0.2, 0) is 4.74 Å². The van der Waals surface area contributed by atoms with Crippen LogP contribution in [0.2, 0.25) is 0 Å². The molecule has 2 heterocycles. The van der Waals surface area contributed by atoms with E-state index in [1.54, 1.807) is 36.3 Å². The van der Waals surface area contributed by atoms with Gasteiger partial charge in [0, 0.05) is 37.8 Å². The number of amides is 1. The van der Waals surface area contributed by atoms with E-state index in [0.29, 0.717) is 36.0 Å². The van der Waals surface area contributed by atoms with Crippen LogP contribution in [0.15, 0.2) is 42.5 Å². The Hall–Kier alpha value is -2.99. The van der Waals surface area contributed by atoms with Gasteiger partial charge in [0.1, 0.15) is 5.75 Å². The summed E-state index contributed by atoms with van der Waals surface area (Å²) in [5.41, 5.74) is 1.87. The Morgan fingerprint density at radius 1 is 1.27 bits per heavy atom. The number of ether oxygens (including phenoxy) is 2. The molecule has 3 aromatic rings. The molecule has 8 heteroatoms. The first-order chi connectivity index (χ1) is 14.7. The van der Waals surface area contributed by atoms with Gasteiger partial charge in [-0.3, -0.25) is 14.6 Å². The number of carbonyl (C=O) groups is 1. The number of benzene rings is 2. The molecule has 1 fully saturated rings. The molecule has 30 heavy (non-hydrogen) atoms. The fraction of sp³-hybridized carbons (Fsp3) is 0.318. The first kappa shape index (κ1) is 20.3. The predicted molar refractivity (Wildman–Crippen MR) is 116 cm³/mol. The molecule has 0 bridgehead atoms. The fourth-order valence-electron chi connectivity index (χ4n) is 3.33. The molecule has 0 unspecified atom stereocenters. The fourth-order valence-corrected chi connectivity index (χ4v) is 4.30. The predicted octanol–water partition coefficient (Wildman–Crippen LogP) is 3.16. The van der Waals surface area contributed by atoms with Crippen LogP contribution in [0.5, 0.6) is 5.75 Å². The van der Waals surface area contributed by atoms with Crippen molar-refractivity contribution in [2.24, 2.45) is 0 Å². The lowest BCUT2D eigenvalue weighted by Gasteiger charge is -2.29. The molecule has 4 rings (SSSR count). The minimum atomic E-state index is -0.126. The van der Waals surface area contributed by atoms with Crippen molar-refractivity contribution in [2.75, 3.05) is 51.4 Å². The minimum Gasteiger partial charge on any atom is -0.497 e. The third kappa shape index (κ3) is 4.44. The molecule has 1 amide bonds. The second-order valence-corrected chi connectivity index (χ2v) is 7.94. The van der Waals surface area contributed by atoms with E-state index in [1.807, 2.05) is 18.2 Å². The number of nitrogens with zero attached hydrogens (tertiary/aromatic N) is 4. The maximum atomic E-state index is 13.4. The second-order valence-electron chi connectivity index (χ2n) is 6.93. The quantitative estimate of drug-likeness (QED) is 0.607.